The van der Waals surface area contributed by atoms with E-state index in [4.69, 9.17) is 19.4 Å². The van der Waals surface area contributed by atoms with Gasteiger partial charge in [-0.05, 0) is 108 Å². The smallest absolute Gasteiger partial charge is 0.132 e. The molecular weight excluding hydrogens is 625 g/mol. The molecule has 0 atom stereocenters. The first-order valence-electron chi connectivity index (χ1n) is 17.2. The van der Waals surface area contributed by atoms with Crippen LogP contribution in [0, 0.1) is 13.8 Å². The normalized spacial score (nSPS) is 12.8. The van der Waals surface area contributed by atoms with Crippen molar-refractivity contribution in [2.45, 2.75) is 19.3 Å². The van der Waals surface area contributed by atoms with Crippen molar-refractivity contribution in [1.82, 2.24) is 9.97 Å². The van der Waals surface area contributed by atoms with E-state index in [0.717, 1.165) is 73.0 Å². The molecule has 0 bridgehead atoms. The zero-order chi connectivity index (χ0) is 34.4. The molecule has 244 valence electrons. The number of para-hydroxylation sites is 2. The van der Waals surface area contributed by atoms with E-state index in [0.29, 0.717) is 0 Å². The molecule has 6 aromatic carbocycles. The Morgan fingerprint density at radius 1 is 0.529 bits per heavy atom. The summed E-state index contributed by atoms with van der Waals surface area (Å²) >= 11 is 0. The summed E-state index contributed by atoms with van der Waals surface area (Å²) in [4.78, 5) is 9.88. The number of aryl methyl sites for hydroxylation is 2. The molecule has 0 fully saturated rings. The van der Waals surface area contributed by atoms with Crippen LogP contribution >= 0.6 is 0 Å². The molecule has 0 saturated heterocycles. The van der Waals surface area contributed by atoms with E-state index in [1.165, 1.54) is 16.7 Å². The first-order valence-corrected chi connectivity index (χ1v) is 17.2. The highest BCUT2D eigenvalue weighted by Crippen LogP contribution is 2.55. The van der Waals surface area contributed by atoms with Crippen LogP contribution in [0.1, 0.15) is 33.5 Å². The van der Waals surface area contributed by atoms with Gasteiger partial charge in [-0.25, -0.2) is 0 Å². The molecule has 1 aliphatic heterocycles. The van der Waals surface area contributed by atoms with Gasteiger partial charge in [-0.1, -0.05) is 97.1 Å². The SMILES string of the molecule is Cc1cccc(C)c1-c1cc(Oc2cccc(C3(c4ccccn4)c4ccccc4Oc4ccccc43)c2)cc(-c2nccc3ccccc23)c1. The summed E-state index contributed by atoms with van der Waals surface area (Å²) in [7, 11) is 0. The van der Waals surface area contributed by atoms with Crippen LogP contribution in [0.4, 0.5) is 0 Å². The Morgan fingerprint density at radius 3 is 1.98 bits per heavy atom. The van der Waals surface area contributed by atoms with E-state index in [2.05, 4.69) is 129 Å². The van der Waals surface area contributed by atoms with Gasteiger partial charge in [-0.2, -0.15) is 0 Å². The van der Waals surface area contributed by atoms with Gasteiger partial charge in [0.05, 0.1) is 16.8 Å². The second-order valence-corrected chi connectivity index (χ2v) is 13.1. The van der Waals surface area contributed by atoms with Gasteiger partial charge in [-0.3, -0.25) is 9.97 Å². The highest BCUT2D eigenvalue weighted by atomic mass is 16.5. The molecule has 8 aromatic rings. The fourth-order valence-electron chi connectivity index (χ4n) is 7.80. The number of hydrogen-bond acceptors (Lipinski definition) is 4. The van der Waals surface area contributed by atoms with E-state index in [1.807, 2.05) is 54.9 Å². The number of rotatable bonds is 6. The van der Waals surface area contributed by atoms with E-state index < -0.39 is 5.41 Å². The van der Waals surface area contributed by atoms with Gasteiger partial charge in [0.25, 0.3) is 0 Å². The van der Waals surface area contributed by atoms with Crippen LogP contribution < -0.4 is 9.47 Å². The molecule has 0 saturated carbocycles. The van der Waals surface area contributed by atoms with E-state index in [1.54, 1.807) is 0 Å². The number of fused-ring (bicyclic) bond motifs is 3. The Labute approximate surface area is 297 Å². The third-order valence-corrected chi connectivity index (χ3v) is 9.98. The fourth-order valence-corrected chi connectivity index (χ4v) is 7.80. The second kappa shape index (κ2) is 12.4. The molecule has 4 heteroatoms. The topological polar surface area (TPSA) is 44.2 Å². The predicted molar refractivity (Wildman–Crippen MR) is 205 cm³/mol. The first-order chi connectivity index (χ1) is 25.1. The van der Waals surface area contributed by atoms with E-state index in [-0.39, 0.29) is 0 Å². The lowest BCUT2D eigenvalue weighted by atomic mass is 9.65. The molecule has 2 aromatic heterocycles. The van der Waals surface area contributed by atoms with Crippen molar-refractivity contribution in [3.05, 3.63) is 204 Å². The number of aromatic nitrogens is 2. The Morgan fingerprint density at radius 2 is 1.22 bits per heavy atom. The van der Waals surface area contributed by atoms with Crippen LogP contribution in [0.5, 0.6) is 23.0 Å². The van der Waals surface area contributed by atoms with Gasteiger partial charge in [0.15, 0.2) is 0 Å². The average molecular weight is 659 g/mol. The number of nitrogens with zero attached hydrogens (tertiary/aromatic N) is 2. The summed E-state index contributed by atoms with van der Waals surface area (Å²) in [6, 6.07) is 54.4. The highest BCUT2D eigenvalue weighted by Gasteiger charge is 2.46. The molecule has 4 nitrogen and oxygen atoms in total. The zero-order valence-electron chi connectivity index (χ0n) is 28.4. The molecule has 0 aliphatic carbocycles. The number of pyridine rings is 2. The van der Waals surface area contributed by atoms with Gasteiger partial charge in [0.2, 0.25) is 0 Å². The van der Waals surface area contributed by atoms with Gasteiger partial charge in [-0.15, -0.1) is 0 Å². The van der Waals surface area contributed by atoms with Gasteiger partial charge in [0, 0.05) is 34.5 Å². The second-order valence-electron chi connectivity index (χ2n) is 13.1. The molecule has 0 radical (unpaired) electrons. The monoisotopic (exact) mass is 658 g/mol. The van der Waals surface area contributed by atoms with Crippen molar-refractivity contribution < 1.29 is 9.47 Å². The molecule has 9 rings (SSSR count). The zero-order valence-corrected chi connectivity index (χ0v) is 28.4. The van der Waals surface area contributed by atoms with Crippen LogP contribution in [0.15, 0.2) is 170 Å². The molecule has 1 aliphatic rings. The largest absolute Gasteiger partial charge is 0.457 e. The molecule has 51 heavy (non-hydrogen) atoms. The summed E-state index contributed by atoms with van der Waals surface area (Å²) < 4.78 is 13.4. The van der Waals surface area contributed by atoms with Crippen LogP contribution in [0.3, 0.4) is 0 Å². The van der Waals surface area contributed by atoms with Gasteiger partial charge < -0.3 is 9.47 Å². The van der Waals surface area contributed by atoms with E-state index in [9.17, 15) is 0 Å². The summed E-state index contributed by atoms with van der Waals surface area (Å²) in [5.41, 5.74) is 9.87. The van der Waals surface area contributed by atoms with E-state index >= 15 is 0 Å². The Balaban J connectivity index is 1.24. The van der Waals surface area contributed by atoms with Crippen molar-refractivity contribution in [3.8, 4) is 45.4 Å². The molecule has 0 unspecified atom stereocenters. The van der Waals surface area contributed by atoms with Crippen molar-refractivity contribution >= 4 is 10.8 Å². The number of benzene rings is 6. The molecule has 0 spiro atoms. The van der Waals surface area contributed by atoms with Gasteiger partial charge in [0.1, 0.15) is 23.0 Å². The maximum Gasteiger partial charge on any atom is 0.132 e. The van der Waals surface area contributed by atoms with Crippen molar-refractivity contribution in [2.24, 2.45) is 0 Å². The fraction of sp³-hybridized carbons (Fsp3) is 0.0638. The summed E-state index contributed by atoms with van der Waals surface area (Å²) in [6.07, 6.45) is 3.74. The average Bonchev–Trinajstić information content (AvgIpc) is 3.17. The van der Waals surface area contributed by atoms with Crippen LogP contribution in [0.2, 0.25) is 0 Å². The third kappa shape index (κ3) is 5.15. The maximum absolute atomic E-state index is 6.90. The number of hydrogen-bond donors (Lipinski definition) is 0. The highest BCUT2D eigenvalue weighted by molar-refractivity contribution is 5.95. The summed E-state index contributed by atoms with van der Waals surface area (Å²) in [5.74, 6) is 3.07. The molecule has 0 N–H and O–H groups in total. The lowest BCUT2D eigenvalue weighted by Crippen LogP contribution is -2.35. The van der Waals surface area contributed by atoms with Crippen molar-refractivity contribution in [2.75, 3.05) is 0 Å². The summed E-state index contributed by atoms with van der Waals surface area (Å²) in [5, 5.41) is 2.24. The van der Waals surface area contributed by atoms with Crippen molar-refractivity contribution in [1.29, 1.82) is 0 Å². The van der Waals surface area contributed by atoms with Crippen molar-refractivity contribution in [3.63, 3.8) is 0 Å². The minimum Gasteiger partial charge on any atom is -0.457 e. The predicted octanol–water partition coefficient (Wildman–Crippen LogP) is 11.9. The third-order valence-electron chi connectivity index (χ3n) is 9.98. The van der Waals surface area contributed by atoms with Gasteiger partial charge >= 0.3 is 0 Å². The number of ether oxygens (including phenoxy) is 2. The maximum atomic E-state index is 6.90. The molecule has 3 heterocycles. The lowest BCUT2D eigenvalue weighted by Gasteiger charge is -2.40. The van der Waals surface area contributed by atoms with Crippen LogP contribution in [-0.4, -0.2) is 9.97 Å². The standard InChI is InChI=1S/C47H34N2O2/c1-31-13-11-14-32(2)45(31)34-27-35(46-39-18-4-3-15-33(39)24-26-49-46)29-38(28-34)50-37-17-12-16-36(30-37)47(44-23-9-10-25-48-44)40-19-5-7-21-42(40)51-43-22-8-6-20-41(43)47/h3-30H,1-2H3. The minimum absolute atomic E-state index is 0.722. The molecule has 0 amide bonds. The Kier molecular flexibility index (Phi) is 7.44. The Bertz CT molecular complexity index is 2510. The minimum atomic E-state index is -0.746. The van der Waals surface area contributed by atoms with Crippen LogP contribution in [-0.2, 0) is 5.41 Å². The Hall–Kier alpha value is -6.52. The first kappa shape index (κ1) is 30.5. The summed E-state index contributed by atoms with van der Waals surface area (Å²) in [6.45, 7) is 4.33. The molecular formula is C47H34N2O2. The quantitative estimate of drug-likeness (QED) is 0.178. The lowest BCUT2D eigenvalue weighted by molar-refractivity contribution is 0.431. The van der Waals surface area contributed by atoms with Crippen LogP contribution in [0.25, 0.3) is 33.2 Å².